The Labute approximate surface area is 108 Å². The Bertz CT molecular complexity index is 332. The van der Waals surface area contributed by atoms with E-state index >= 15 is 0 Å². The maximum atomic E-state index is 12.5. The van der Waals surface area contributed by atoms with E-state index in [2.05, 4.69) is 13.8 Å². The Morgan fingerprint density at radius 3 is 2.06 bits per heavy atom. The molecule has 0 unspecified atom stereocenters. The topological polar surface area (TPSA) is 57.6 Å². The van der Waals surface area contributed by atoms with Crippen molar-refractivity contribution in [2.45, 2.75) is 64.5 Å². The van der Waals surface area contributed by atoms with Gasteiger partial charge in [0.15, 0.2) is 0 Å². The molecule has 1 heterocycles. The second kappa shape index (κ2) is 5.29. The minimum Gasteiger partial charge on any atom is -0.481 e. The van der Waals surface area contributed by atoms with Gasteiger partial charge >= 0.3 is 5.97 Å². The average Bonchev–Trinajstić information content (AvgIpc) is 2.77. The summed E-state index contributed by atoms with van der Waals surface area (Å²) < 4.78 is 0. The fourth-order valence-corrected chi connectivity index (χ4v) is 3.50. The first-order valence-electron chi connectivity index (χ1n) is 7.05. The molecule has 0 aromatic carbocycles. The van der Waals surface area contributed by atoms with Crippen molar-refractivity contribution in [3.05, 3.63) is 0 Å². The summed E-state index contributed by atoms with van der Waals surface area (Å²) in [5, 5.41) is 9.00. The van der Waals surface area contributed by atoms with Crippen molar-refractivity contribution in [3.63, 3.8) is 0 Å². The third kappa shape index (κ3) is 2.52. The molecule has 2 fully saturated rings. The van der Waals surface area contributed by atoms with E-state index in [1.54, 1.807) is 0 Å². The van der Waals surface area contributed by atoms with Crippen molar-refractivity contribution >= 4 is 11.9 Å². The third-order valence-corrected chi connectivity index (χ3v) is 4.58. The molecule has 0 radical (unpaired) electrons. The van der Waals surface area contributed by atoms with Crippen LogP contribution in [0.25, 0.3) is 0 Å². The molecule has 102 valence electrons. The van der Waals surface area contributed by atoms with Crippen molar-refractivity contribution in [1.29, 1.82) is 0 Å². The van der Waals surface area contributed by atoms with Gasteiger partial charge in [-0.1, -0.05) is 0 Å². The van der Waals surface area contributed by atoms with E-state index in [0.29, 0.717) is 24.9 Å². The van der Waals surface area contributed by atoms with E-state index in [0.717, 1.165) is 19.3 Å². The molecule has 1 amide bonds. The first kappa shape index (κ1) is 13.4. The summed E-state index contributed by atoms with van der Waals surface area (Å²) in [5.41, 5.74) is 0. The standard InChI is InChI=1S/C14H23NO3/c1-9-4-3-5-10(2)15(9)13(16)11-6-7-12(8-11)14(17)18/h9-12H,3-8H2,1-2H3,(H,17,18)/t9-,10+,11-,12+/m1/s1. The van der Waals surface area contributed by atoms with E-state index < -0.39 is 5.97 Å². The van der Waals surface area contributed by atoms with Gasteiger partial charge < -0.3 is 10.0 Å². The molecule has 1 saturated heterocycles. The van der Waals surface area contributed by atoms with Crippen molar-refractivity contribution in [3.8, 4) is 0 Å². The molecule has 0 aromatic rings. The van der Waals surface area contributed by atoms with Gasteiger partial charge in [-0.3, -0.25) is 9.59 Å². The Morgan fingerprint density at radius 2 is 1.56 bits per heavy atom. The molecule has 4 atom stereocenters. The van der Waals surface area contributed by atoms with Gasteiger partial charge in [0.25, 0.3) is 0 Å². The molecule has 2 aliphatic rings. The van der Waals surface area contributed by atoms with E-state index in [1.807, 2.05) is 4.90 Å². The van der Waals surface area contributed by atoms with Crippen LogP contribution in [0.1, 0.15) is 52.4 Å². The number of carbonyl (C=O) groups excluding carboxylic acids is 1. The molecule has 2 rings (SSSR count). The minimum atomic E-state index is -0.745. The molecular weight excluding hydrogens is 230 g/mol. The Kier molecular flexibility index (Phi) is 3.93. The molecule has 4 nitrogen and oxygen atoms in total. The van der Waals surface area contributed by atoms with Gasteiger partial charge in [-0.25, -0.2) is 0 Å². The summed E-state index contributed by atoms with van der Waals surface area (Å²) in [6.45, 7) is 4.22. The fourth-order valence-electron chi connectivity index (χ4n) is 3.50. The maximum absolute atomic E-state index is 12.5. The summed E-state index contributed by atoms with van der Waals surface area (Å²) in [7, 11) is 0. The number of nitrogens with zero attached hydrogens (tertiary/aromatic N) is 1. The van der Waals surface area contributed by atoms with Crippen LogP contribution in [0, 0.1) is 11.8 Å². The quantitative estimate of drug-likeness (QED) is 0.821. The summed E-state index contributed by atoms with van der Waals surface area (Å²) in [5.74, 6) is -0.924. The number of carboxylic acid groups (broad SMARTS) is 1. The van der Waals surface area contributed by atoms with Crippen molar-refractivity contribution in [1.82, 2.24) is 4.90 Å². The number of hydrogen-bond donors (Lipinski definition) is 1. The maximum Gasteiger partial charge on any atom is 0.306 e. The van der Waals surface area contributed by atoms with Gasteiger partial charge in [0, 0.05) is 18.0 Å². The molecule has 18 heavy (non-hydrogen) atoms. The van der Waals surface area contributed by atoms with Crippen LogP contribution in [0.15, 0.2) is 0 Å². The number of likely N-dealkylation sites (tertiary alicyclic amines) is 1. The zero-order valence-electron chi connectivity index (χ0n) is 11.3. The summed E-state index contributed by atoms with van der Waals surface area (Å²) >= 11 is 0. The highest BCUT2D eigenvalue weighted by molar-refractivity contribution is 5.81. The van der Waals surface area contributed by atoms with Crippen LogP contribution in [0.3, 0.4) is 0 Å². The predicted octanol–water partition coefficient (Wildman–Crippen LogP) is 2.28. The van der Waals surface area contributed by atoms with E-state index in [-0.39, 0.29) is 17.7 Å². The Balaban J connectivity index is 2.01. The van der Waals surface area contributed by atoms with E-state index in [1.165, 1.54) is 6.42 Å². The highest BCUT2D eigenvalue weighted by Gasteiger charge is 2.39. The number of carbonyl (C=O) groups is 2. The zero-order chi connectivity index (χ0) is 13.3. The van der Waals surface area contributed by atoms with E-state index in [4.69, 9.17) is 5.11 Å². The Morgan fingerprint density at radius 1 is 1.00 bits per heavy atom. The molecule has 1 aliphatic carbocycles. The van der Waals surface area contributed by atoms with Crippen molar-refractivity contribution < 1.29 is 14.7 Å². The Hall–Kier alpha value is -1.06. The lowest BCUT2D eigenvalue weighted by molar-refractivity contribution is -0.143. The smallest absolute Gasteiger partial charge is 0.306 e. The average molecular weight is 253 g/mol. The first-order chi connectivity index (χ1) is 8.50. The summed E-state index contributed by atoms with van der Waals surface area (Å²) in [6, 6.07) is 0.621. The highest BCUT2D eigenvalue weighted by atomic mass is 16.4. The molecule has 0 aromatic heterocycles. The zero-order valence-corrected chi connectivity index (χ0v) is 11.3. The van der Waals surface area contributed by atoms with Crippen LogP contribution < -0.4 is 0 Å². The fraction of sp³-hybridized carbons (Fsp3) is 0.857. The van der Waals surface area contributed by atoms with Gasteiger partial charge in [-0.15, -0.1) is 0 Å². The minimum absolute atomic E-state index is 0.0610. The van der Waals surface area contributed by atoms with Crippen molar-refractivity contribution in [2.24, 2.45) is 11.8 Å². The number of piperidine rings is 1. The van der Waals surface area contributed by atoms with Crippen LogP contribution >= 0.6 is 0 Å². The van der Waals surface area contributed by atoms with Gasteiger partial charge in [-0.2, -0.15) is 0 Å². The molecule has 1 saturated carbocycles. The van der Waals surface area contributed by atoms with E-state index in [9.17, 15) is 9.59 Å². The predicted molar refractivity (Wildman–Crippen MR) is 68.1 cm³/mol. The summed E-state index contributed by atoms with van der Waals surface area (Å²) in [6.07, 6.45) is 5.27. The number of carboxylic acids is 1. The highest BCUT2D eigenvalue weighted by Crippen LogP contribution is 2.34. The second-order valence-corrected chi connectivity index (χ2v) is 5.92. The molecule has 1 N–H and O–H groups in total. The van der Waals surface area contributed by atoms with Crippen LogP contribution in [0.4, 0.5) is 0 Å². The normalized spacial score (nSPS) is 36.7. The molecule has 1 aliphatic heterocycles. The number of amides is 1. The number of aliphatic carboxylic acids is 1. The number of rotatable bonds is 2. The van der Waals surface area contributed by atoms with Gasteiger partial charge in [0.1, 0.15) is 0 Å². The lowest BCUT2D eigenvalue weighted by atomic mass is 9.94. The summed E-state index contributed by atoms with van der Waals surface area (Å²) in [4.78, 5) is 25.5. The number of hydrogen-bond acceptors (Lipinski definition) is 2. The SMILES string of the molecule is C[C@@H]1CCC[C@H](C)N1C(=O)[C@@H]1CC[C@H](C(=O)O)C1. The molecule has 0 spiro atoms. The molecule has 0 bridgehead atoms. The van der Waals surface area contributed by atoms with Crippen LogP contribution in [-0.2, 0) is 9.59 Å². The lowest BCUT2D eigenvalue weighted by Gasteiger charge is -2.40. The first-order valence-corrected chi connectivity index (χ1v) is 7.05. The largest absolute Gasteiger partial charge is 0.481 e. The monoisotopic (exact) mass is 253 g/mol. The lowest BCUT2D eigenvalue weighted by Crippen LogP contribution is -2.49. The van der Waals surface area contributed by atoms with Gasteiger partial charge in [0.2, 0.25) is 5.91 Å². The van der Waals surface area contributed by atoms with Crippen molar-refractivity contribution in [2.75, 3.05) is 0 Å². The van der Waals surface area contributed by atoms with Crippen LogP contribution in [0.5, 0.6) is 0 Å². The molecule has 4 heteroatoms. The third-order valence-electron chi connectivity index (χ3n) is 4.58. The van der Waals surface area contributed by atoms with Gasteiger partial charge in [-0.05, 0) is 52.4 Å². The van der Waals surface area contributed by atoms with Crippen LogP contribution in [-0.4, -0.2) is 34.0 Å². The van der Waals surface area contributed by atoms with Gasteiger partial charge in [0.05, 0.1) is 5.92 Å². The van der Waals surface area contributed by atoms with Crippen LogP contribution in [0.2, 0.25) is 0 Å². The molecular formula is C14H23NO3. The second-order valence-electron chi connectivity index (χ2n) is 5.92.